The van der Waals surface area contributed by atoms with E-state index in [9.17, 15) is 0 Å². The molecule has 280 valence electrons. The van der Waals surface area contributed by atoms with E-state index >= 15 is 0 Å². The molecule has 0 bridgehead atoms. The average molecular weight is 763 g/mol. The monoisotopic (exact) mass is 762 g/mol. The van der Waals surface area contributed by atoms with Crippen LogP contribution in [0.4, 0.5) is 0 Å². The molecule has 1 aliphatic carbocycles. The Morgan fingerprint density at radius 1 is 0.317 bits per heavy atom. The molecule has 0 fully saturated rings. The highest BCUT2D eigenvalue weighted by Gasteiger charge is 2.39. The van der Waals surface area contributed by atoms with Crippen LogP contribution in [0.5, 0.6) is 0 Å². The Labute approximate surface area is 347 Å². The Morgan fingerprint density at radius 3 is 1.48 bits per heavy atom. The largest absolute Gasteiger partial charge is 0.456 e. The van der Waals surface area contributed by atoms with Crippen molar-refractivity contribution in [1.82, 2.24) is 0 Å². The number of rotatable bonds is 3. The molecule has 1 aromatic heterocycles. The molecule has 0 amide bonds. The van der Waals surface area contributed by atoms with Gasteiger partial charge in [0.2, 0.25) is 0 Å². The lowest BCUT2D eigenvalue weighted by molar-refractivity contribution is 0.660. The third-order valence-corrected chi connectivity index (χ3v) is 13.6. The molecule has 60 heavy (non-hydrogen) atoms. The van der Waals surface area contributed by atoms with Crippen LogP contribution in [-0.4, -0.2) is 0 Å². The number of hydrogen-bond donors (Lipinski definition) is 0. The molecule has 0 saturated heterocycles. The quantitative estimate of drug-likeness (QED) is 0.163. The summed E-state index contributed by atoms with van der Waals surface area (Å²) in [7, 11) is 0. The Kier molecular flexibility index (Phi) is 6.85. The molecule has 0 radical (unpaired) electrons. The SMILES string of the molecule is CC1(C)c2c(ccc3ccccc23)-c2ccc3oc4cc(-c5ccc(-c6c7ccccc7c(-c7cccc8ccccc78)c7ccccc67)c6ccccc56)ccc4c3c21. The molecule has 0 unspecified atom stereocenters. The Morgan fingerprint density at radius 2 is 0.800 bits per heavy atom. The van der Waals surface area contributed by atoms with Crippen molar-refractivity contribution < 1.29 is 4.42 Å². The maximum absolute atomic E-state index is 6.80. The van der Waals surface area contributed by atoms with Crippen LogP contribution >= 0.6 is 0 Å². The fourth-order valence-corrected chi connectivity index (χ4v) is 11.1. The minimum Gasteiger partial charge on any atom is -0.456 e. The lowest BCUT2D eigenvalue weighted by Crippen LogP contribution is -2.16. The van der Waals surface area contributed by atoms with E-state index in [1.54, 1.807) is 0 Å². The van der Waals surface area contributed by atoms with Crippen LogP contribution in [0.2, 0.25) is 0 Å². The highest BCUT2D eigenvalue weighted by molar-refractivity contribution is 6.26. The summed E-state index contributed by atoms with van der Waals surface area (Å²) >= 11 is 0. The first-order valence-electron chi connectivity index (χ1n) is 21.0. The number of furan rings is 1. The summed E-state index contributed by atoms with van der Waals surface area (Å²) in [5.74, 6) is 0. The zero-order valence-corrected chi connectivity index (χ0v) is 33.4. The summed E-state index contributed by atoms with van der Waals surface area (Å²) < 4.78 is 6.80. The molecule has 0 atom stereocenters. The Hall–Kier alpha value is -7.48. The van der Waals surface area contributed by atoms with Crippen molar-refractivity contribution in [3.05, 3.63) is 205 Å². The minimum atomic E-state index is -0.187. The molecule has 1 heteroatoms. The zero-order valence-electron chi connectivity index (χ0n) is 33.4. The summed E-state index contributed by atoms with van der Waals surface area (Å²) in [6.07, 6.45) is 0. The smallest absolute Gasteiger partial charge is 0.136 e. The van der Waals surface area contributed by atoms with Gasteiger partial charge in [-0.05, 0) is 128 Å². The molecule has 0 saturated carbocycles. The number of fused-ring (bicyclic) bond motifs is 13. The minimum absolute atomic E-state index is 0.187. The first-order valence-corrected chi connectivity index (χ1v) is 21.0. The van der Waals surface area contributed by atoms with Crippen molar-refractivity contribution >= 4 is 75.8 Å². The van der Waals surface area contributed by atoms with Crippen LogP contribution in [0.3, 0.4) is 0 Å². The van der Waals surface area contributed by atoms with Crippen molar-refractivity contribution in [2.45, 2.75) is 19.3 Å². The molecule has 13 rings (SSSR count). The van der Waals surface area contributed by atoms with Gasteiger partial charge >= 0.3 is 0 Å². The summed E-state index contributed by atoms with van der Waals surface area (Å²) in [6.45, 7) is 4.77. The van der Waals surface area contributed by atoms with Crippen LogP contribution < -0.4 is 0 Å². The van der Waals surface area contributed by atoms with Crippen LogP contribution in [0.25, 0.3) is 120 Å². The highest BCUT2D eigenvalue weighted by atomic mass is 16.3. The Balaban J connectivity index is 1.00. The van der Waals surface area contributed by atoms with Crippen LogP contribution in [0.1, 0.15) is 25.0 Å². The molecule has 1 aliphatic rings. The van der Waals surface area contributed by atoms with Gasteiger partial charge < -0.3 is 4.42 Å². The van der Waals surface area contributed by atoms with Gasteiger partial charge in [-0.2, -0.15) is 0 Å². The van der Waals surface area contributed by atoms with E-state index in [-0.39, 0.29) is 5.41 Å². The standard InChI is InChI=1S/C59H38O/c1-59(2)57-40-18-6-4-15-36(40)26-28-49(57)50-32-33-52-56(58(50)59)51-29-27-37(34-53(51)60-52)39-30-31-48(42-20-8-7-19-41(39)42)55-46-23-11-9-21-44(46)54(45-22-10-12-24-47(45)55)43-25-13-16-35-14-3-5-17-38(35)43/h3-34H,1-2H3. The van der Waals surface area contributed by atoms with Crippen LogP contribution in [0.15, 0.2) is 199 Å². The fourth-order valence-electron chi connectivity index (χ4n) is 11.1. The topological polar surface area (TPSA) is 13.1 Å². The van der Waals surface area contributed by atoms with E-state index < -0.39 is 0 Å². The van der Waals surface area contributed by atoms with E-state index in [0.29, 0.717) is 0 Å². The third kappa shape index (κ3) is 4.52. The zero-order chi connectivity index (χ0) is 39.7. The maximum atomic E-state index is 6.80. The summed E-state index contributed by atoms with van der Waals surface area (Å²) in [4.78, 5) is 0. The van der Waals surface area contributed by atoms with E-state index in [4.69, 9.17) is 4.42 Å². The first-order chi connectivity index (χ1) is 29.5. The van der Waals surface area contributed by atoms with E-state index in [1.165, 1.54) is 115 Å². The normalized spacial score (nSPS) is 13.3. The predicted octanol–water partition coefficient (Wildman–Crippen LogP) is 16.7. The number of benzene rings is 11. The van der Waals surface area contributed by atoms with Crippen molar-refractivity contribution in [3.8, 4) is 44.5 Å². The van der Waals surface area contributed by atoms with Gasteiger partial charge in [0.1, 0.15) is 11.2 Å². The maximum Gasteiger partial charge on any atom is 0.136 e. The predicted molar refractivity (Wildman–Crippen MR) is 255 cm³/mol. The molecule has 0 N–H and O–H groups in total. The molecular weight excluding hydrogens is 725 g/mol. The van der Waals surface area contributed by atoms with Crippen molar-refractivity contribution in [2.75, 3.05) is 0 Å². The van der Waals surface area contributed by atoms with E-state index in [1.807, 2.05) is 0 Å². The van der Waals surface area contributed by atoms with Gasteiger partial charge in [0.25, 0.3) is 0 Å². The molecule has 1 heterocycles. The van der Waals surface area contributed by atoms with Gasteiger partial charge in [0.15, 0.2) is 0 Å². The second-order valence-electron chi connectivity index (χ2n) is 17.1. The van der Waals surface area contributed by atoms with Crippen molar-refractivity contribution in [3.63, 3.8) is 0 Å². The van der Waals surface area contributed by atoms with Gasteiger partial charge in [-0.3, -0.25) is 0 Å². The van der Waals surface area contributed by atoms with Gasteiger partial charge in [-0.1, -0.05) is 190 Å². The van der Waals surface area contributed by atoms with Crippen LogP contribution in [0, 0.1) is 0 Å². The fraction of sp³-hybridized carbons (Fsp3) is 0.0508. The Bertz CT molecular complexity index is 3740. The molecule has 11 aromatic carbocycles. The summed E-state index contributed by atoms with van der Waals surface area (Å²) in [5.41, 5.74) is 14.5. The van der Waals surface area contributed by atoms with E-state index in [0.717, 1.165) is 16.7 Å². The second kappa shape index (κ2) is 12.3. The van der Waals surface area contributed by atoms with Gasteiger partial charge in [0.05, 0.1) is 0 Å². The van der Waals surface area contributed by atoms with Crippen molar-refractivity contribution in [1.29, 1.82) is 0 Å². The molecule has 1 nitrogen and oxygen atoms in total. The molecular formula is C59H38O. The average Bonchev–Trinajstić information content (AvgIpc) is 3.78. The van der Waals surface area contributed by atoms with Gasteiger partial charge in [0, 0.05) is 16.2 Å². The van der Waals surface area contributed by atoms with Gasteiger partial charge in [-0.15, -0.1) is 0 Å². The molecule has 0 spiro atoms. The van der Waals surface area contributed by atoms with E-state index in [2.05, 4.69) is 208 Å². The molecule has 0 aliphatic heterocycles. The number of hydrogen-bond acceptors (Lipinski definition) is 1. The summed E-state index contributed by atoms with van der Waals surface area (Å²) in [6, 6.07) is 71.7. The van der Waals surface area contributed by atoms with Crippen LogP contribution in [-0.2, 0) is 5.41 Å². The first kappa shape index (κ1) is 33.5. The molecule has 12 aromatic rings. The van der Waals surface area contributed by atoms with Gasteiger partial charge in [-0.25, -0.2) is 0 Å². The third-order valence-electron chi connectivity index (χ3n) is 13.6. The summed E-state index contributed by atoms with van der Waals surface area (Å²) in [5, 5.41) is 15.0. The second-order valence-corrected chi connectivity index (χ2v) is 17.1. The lowest BCUT2D eigenvalue weighted by Gasteiger charge is -2.24. The van der Waals surface area contributed by atoms with Crippen molar-refractivity contribution in [2.24, 2.45) is 0 Å². The highest BCUT2D eigenvalue weighted by Crippen LogP contribution is 2.55. The lowest BCUT2D eigenvalue weighted by atomic mass is 9.78.